The molecule has 1 N–H and O–H groups in total. The van der Waals surface area contributed by atoms with Crippen LogP contribution >= 0.6 is 0 Å². The average molecular weight is 395 g/mol. The minimum absolute atomic E-state index is 0.0285. The smallest absolute Gasteiger partial charge is 0.251 e. The van der Waals surface area contributed by atoms with Gasteiger partial charge < -0.3 is 10.1 Å². The van der Waals surface area contributed by atoms with Crippen LogP contribution in [0.25, 0.3) is 0 Å². The zero-order valence-corrected chi connectivity index (χ0v) is 17.8. The Bertz CT molecular complexity index is 749. The molecule has 0 bridgehead atoms. The lowest BCUT2D eigenvalue weighted by Crippen LogP contribution is -2.40. The molecule has 1 aliphatic rings. The fraction of sp³-hybridized carbons (Fsp3) is 0.480. The molecule has 1 fully saturated rings. The highest BCUT2D eigenvalue weighted by molar-refractivity contribution is 5.94. The largest absolute Gasteiger partial charge is 0.494 e. The first kappa shape index (κ1) is 21.4. The van der Waals surface area contributed by atoms with Gasteiger partial charge in [-0.1, -0.05) is 49.6 Å². The average Bonchev–Trinajstić information content (AvgIpc) is 2.76. The van der Waals surface area contributed by atoms with Crippen LogP contribution in [0.2, 0.25) is 0 Å². The summed E-state index contributed by atoms with van der Waals surface area (Å²) in [4.78, 5) is 15.2. The van der Waals surface area contributed by atoms with E-state index in [9.17, 15) is 4.79 Å². The molecule has 29 heavy (non-hydrogen) atoms. The maximum Gasteiger partial charge on any atom is 0.251 e. The van der Waals surface area contributed by atoms with Crippen molar-refractivity contribution in [2.24, 2.45) is 0 Å². The number of rotatable bonds is 9. The highest BCUT2D eigenvalue weighted by Crippen LogP contribution is 2.24. The quantitative estimate of drug-likeness (QED) is 0.600. The van der Waals surface area contributed by atoms with E-state index in [0.717, 1.165) is 38.3 Å². The van der Waals surface area contributed by atoms with Crippen molar-refractivity contribution in [3.8, 4) is 5.75 Å². The van der Waals surface area contributed by atoms with Crippen LogP contribution in [0.4, 0.5) is 0 Å². The molecule has 4 nitrogen and oxygen atoms in total. The summed E-state index contributed by atoms with van der Waals surface area (Å²) in [7, 11) is 0. The Labute approximate surface area is 175 Å². The number of nitrogens with zero attached hydrogens (tertiary/aromatic N) is 1. The summed E-state index contributed by atoms with van der Waals surface area (Å²) >= 11 is 0. The Balaban J connectivity index is 1.62. The molecule has 1 amide bonds. The number of nitrogens with one attached hydrogen (secondary N) is 1. The van der Waals surface area contributed by atoms with Gasteiger partial charge in [-0.3, -0.25) is 9.69 Å². The Morgan fingerprint density at radius 3 is 2.38 bits per heavy atom. The fourth-order valence-electron chi connectivity index (χ4n) is 3.80. The maximum atomic E-state index is 12.7. The van der Waals surface area contributed by atoms with Crippen molar-refractivity contribution in [1.29, 1.82) is 0 Å². The number of ether oxygens (including phenoxy) is 1. The predicted octanol–water partition coefficient (Wildman–Crippen LogP) is 5.13. The van der Waals surface area contributed by atoms with Crippen LogP contribution in [-0.4, -0.2) is 37.0 Å². The van der Waals surface area contributed by atoms with Gasteiger partial charge >= 0.3 is 0 Å². The number of amides is 1. The Morgan fingerprint density at radius 2 is 1.72 bits per heavy atom. The first-order chi connectivity index (χ1) is 14.2. The molecule has 0 aromatic heterocycles. The number of hydrogen-bond donors (Lipinski definition) is 1. The molecule has 3 rings (SSSR count). The number of aryl methyl sites for hydroxylation is 1. The van der Waals surface area contributed by atoms with Gasteiger partial charge in [0.05, 0.1) is 12.6 Å². The third kappa shape index (κ3) is 6.33. The summed E-state index contributed by atoms with van der Waals surface area (Å²) in [5.74, 6) is 0.792. The summed E-state index contributed by atoms with van der Waals surface area (Å²) in [6, 6.07) is 16.4. The number of hydrogen-bond acceptors (Lipinski definition) is 3. The van der Waals surface area contributed by atoms with Crippen LogP contribution < -0.4 is 10.1 Å². The maximum absolute atomic E-state index is 12.7. The summed E-state index contributed by atoms with van der Waals surface area (Å²) in [6.45, 7) is 7.78. The first-order valence-corrected chi connectivity index (χ1v) is 11.0. The molecule has 1 heterocycles. The number of piperidine rings is 1. The fourth-order valence-corrected chi connectivity index (χ4v) is 3.80. The van der Waals surface area contributed by atoms with Crippen LogP contribution in [0.1, 0.15) is 66.6 Å². The van der Waals surface area contributed by atoms with Gasteiger partial charge in [0.1, 0.15) is 5.75 Å². The van der Waals surface area contributed by atoms with Crippen LogP contribution in [0, 0.1) is 6.92 Å². The molecule has 4 heteroatoms. The number of benzene rings is 2. The summed E-state index contributed by atoms with van der Waals surface area (Å²) < 4.78 is 5.69. The second kappa shape index (κ2) is 11.0. The van der Waals surface area contributed by atoms with Crippen molar-refractivity contribution >= 4 is 5.91 Å². The van der Waals surface area contributed by atoms with Crippen molar-refractivity contribution in [3.05, 3.63) is 65.2 Å². The van der Waals surface area contributed by atoms with E-state index in [1.165, 1.54) is 30.4 Å². The second-order valence-corrected chi connectivity index (χ2v) is 7.96. The molecular formula is C25H34N2O2. The molecule has 1 atom stereocenters. The van der Waals surface area contributed by atoms with Gasteiger partial charge in [0, 0.05) is 12.1 Å². The topological polar surface area (TPSA) is 41.6 Å². The van der Waals surface area contributed by atoms with E-state index in [0.29, 0.717) is 12.1 Å². The van der Waals surface area contributed by atoms with Gasteiger partial charge in [0.15, 0.2) is 0 Å². The van der Waals surface area contributed by atoms with Crippen molar-refractivity contribution < 1.29 is 9.53 Å². The molecular weight excluding hydrogens is 360 g/mol. The lowest BCUT2D eigenvalue weighted by Gasteiger charge is -2.35. The standard InChI is InChI=1S/C25H34N2O2/c1-3-4-18-29-23-14-12-22(13-15-23)25(28)26-19-24(27-16-6-5-7-17-27)21-10-8-20(2)9-11-21/h8-15,24H,3-7,16-19H2,1-2H3,(H,26,28). The molecule has 156 valence electrons. The molecule has 0 saturated carbocycles. The van der Waals surface area contributed by atoms with E-state index >= 15 is 0 Å². The molecule has 0 spiro atoms. The van der Waals surface area contributed by atoms with Crippen molar-refractivity contribution in [1.82, 2.24) is 10.2 Å². The molecule has 2 aromatic rings. The number of likely N-dealkylation sites (tertiary alicyclic amines) is 1. The van der Waals surface area contributed by atoms with E-state index in [4.69, 9.17) is 4.74 Å². The van der Waals surface area contributed by atoms with E-state index in [-0.39, 0.29) is 11.9 Å². The van der Waals surface area contributed by atoms with Crippen molar-refractivity contribution in [2.45, 2.75) is 52.0 Å². The summed E-state index contributed by atoms with van der Waals surface area (Å²) in [6.07, 6.45) is 5.92. The molecule has 0 radical (unpaired) electrons. The van der Waals surface area contributed by atoms with E-state index in [1.807, 2.05) is 24.3 Å². The highest BCUT2D eigenvalue weighted by atomic mass is 16.5. The predicted molar refractivity (Wildman–Crippen MR) is 119 cm³/mol. The normalized spacial score (nSPS) is 15.7. The Kier molecular flexibility index (Phi) is 8.12. The van der Waals surface area contributed by atoms with Crippen LogP contribution in [0.15, 0.2) is 48.5 Å². The van der Waals surface area contributed by atoms with Gasteiger partial charge in [-0.15, -0.1) is 0 Å². The summed E-state index contributed by atoms with van der Waals surface area (Å²) in [5, 5.41) is 3.16. The minimum Gasteiger partial charge on any atom is -0.494 e. The molecule has 1 aliphatic heterocycles. The number of carbonyl (C=O) groups is 1. The zero-order chi connectivity index (χ0) is 20.5. The van der Waals surface area contributed by atoms with Crippen LogP contribution in [0.3, 0.4) is 0 Å². The van der Waals surface area contributed by atoms with Gasteiger partial charge in [0.2, 0.25) is 0 Å². The molecule has 2 aromatic carbocycles. The third-order valence-corrected chi connectivity index (χ3v) is 5.63. The van der Waals surface area contributed by atoms with E-state index < -0.39 is 0 Å². The Hall–Kier alpha value is -2.33. The molecule has 1 saturated heterocycles. The monoisotopic (exact) mass is 394 g/mol. The lowest BCUT2D eigenvalue weighted by atomic mass is 10.0. The van der Waals surface area contributed by atoms with Crippen molar-refractivity contribution in [2.75, 3.05) is 26.2 Å². The van der Waals surface area contributed by atoms with Gasteiger partial charge in [-0.2, -0.15) is 0 Å². The Morgan fingerprint density at radius 1 is 1.03 bits per heavy atom. The van der Waals surface area contributed by atoms with Gasteiger partial charge in [-0.05, 0) is 69.1 Å². The SMILES string of the molecule is CCCCOc1ccc(C(=O)NCC(c2ccc(C)cc2)N2CCCCC2)cc1. The van der Waals surface area contributed by atoms with Crippen LogP contribution in [-0.2, 0) is 0 Å². The molecule has 0 aliphatic carbocycles. The minimum atomic E-state index is -0.0285. The second-order valence-electron chi connectivity index (χ2n) is 7.96. The van der Waals surface area contributed by atoms with E-state index in [1.54, 1.807) is 0 Å². The van der Waals surface area contributed by atoms with Crippen LogP contribution in [0.5, 0.6) is 5.75 Å². The van der Waals surface area contributed by atoms with Gasteiger partial charge in [0.25, 0.3) is 5.91 Å². The lowest BCUT2D eigenvalue weighted by molar-refractivity contribution is 0.0924. The van der Waals surface area contributed by atoms with Crippen molar-refractivity contribution in [3.63, 3.8) is 0 Å². The van der Waals surface area contributed by atoms with E-state index in [2.05, 4.69) is 48.3 Å². The molecule has 1 unspecified atom stereocenters. The highest BCUT2D eigenvalue weighted by Gasteiger charge is 2.23. The third-order valence-electron chi connectivity index (χ3n) is 5.63. The first-order valence-electron chi connectivity index (χ1n) is 11.0. The summed E-state index contributed by atoms with van der Waals surface area (Å²) in [5.41, 5.74) is 3.21. The number of carbonyl (C=O) groups excluding carboxylic acids is 1. The van der Waals surface area contributed by atoms with Gasteiger partial charge in [-0.25, -0.2) is 0 Å². The zero-order valence-electron chi connectivity index (χ0n) is 17.8. The number of unbranched alkanes of at least 4 members (excludes halogenated alkanes) is 1.